The number of benzene rings is 2. The summed E-state index contributed by atoms with van der Waals surface area (Å²) in [5, 5.41) is 12.2. The van der Waals surface area contributed by atoms with Crippen LogP contribution in [0.25, 0.3) is 16.7 Å². The Balaban J connectivity index is 1.71. The average Bonchev–Trinajstić information content (AvgIpc) is 3.38. The van der Waals surface area contributed by atoms with Gasteiger partial charge in [0.1, 0.15) is 11.5 Å². The van der Waals surface area contributed by atoms with Crippen LogP contribution < -0.4 is 4.74 Å². The third-order valence-electron chi connectivity index (χ3n) is 6.70. The average molecular weight is 431 g/mol. The van der Waals surface area contributed by atoms with E-state index in [1.54, 1.807) is 18.2 Å². The van der Waals surface area contributed by atoms with Crippen LogP contribution in [-0.2, 0) is 9.59 Å². The predicted molar refractivity (Wildman–Crippen MR) is 122 cm³/mol. The number of nitrogens with zero attached hydrogens (tertiary/aromatic N) is 1. The minimum atomic E-state index is -0.651. The van der Waals surface area contributed by atoms with Crippen molar-refractivity contribution in [3.05, 3.63) is 71.4 Å². The number of ketones is 1. The number of para-hydroxylation sites is 1. The second-order valence-electron chi connectivity index (χ2n) is 8.52. The van der Waals surface area contributed by atoms with E-state index in [0.29, 0.717) is 11.3 Å². The molecule has 2 N–H and O–H groups in total. The van der Waals surface area contributed by atoms with Crippen LogP contribution in [0.2, 0.25) is 0 Å². The van der Waals surface area contributed by atoms with Crippen molar-refractivity contribution in [2.75, 3.05) is 7.11 Å². The Morgan fingerprint density at radius 3 is 2.62 bits per heavy atom. The number of aliphatic hydroxyl groups excluding tert-OH is 1. The van der Waals surface area contributed by atoms with Gasteiger partial charge in [-0.3, -0.25) is 9.59 Å². The molecule has 5 rings (SSSR count). The number of carbonyl (C=O) groups excluding carboxylic acids is 2. The molecule has 6 heteroatoms. The fourth-order valence-electron chi connectivity index (χ4n) is 5.14. The van der Waals surface area contributed by atoms with E-state index in [-0.39, 0.29) is 17.4 Å². The van der Waals surface area contributed by atoms with Gasteiger partial charge < -0.3 is 19.7 Å². The van der Waals surface area contributed by atoms with Crippen LogP contribution in [0.3, 0.4) is 0 Å². The minimum absolute atomic E-state index is 0.0235. The highest BCUT2D eigenvalue weighted by Crippen LogP contribution is 2.44. The van der Waals surface area contributed by atoms with E-state index in [1.165, 1.54) is 0 Å². The summed E-state index contributed by atoms with van der Waals surface area (Å²) in [6, 6.07) is 14.3. The lowest BCUT2D eigenvalue weighted by molar-refractivity contribution is -0.141. The summed E-state index contributed by atoms with van der Waals surface area (Å²) in [6.45, 7) is 0. The standard InChI is InChI=1S/C26H26N2O4/c1-32-18-11-7-8-16(14-18)23-22(24(29)20-15-27-21-13-6-5-12-19(20)21)25(30)26(31)28(23)17-9-3-2-4-10-17/h5-8,11-15,17,23,27,29H,2-4,9-10H2,1H3/b24-22-. The molecule has 2 aromatic carbocycles. The molecule has 0 bridgehead atoms. The molecule has 6 nitrogen and oxygen atoms in total. The van der Waals surface area contributed by atoms with E-state index in [2.05, 4.69) is 4.98 Å². The van der Waals surface area contributed by atoms with E-state index in [9.17, 15) is 14.7 Å². The van der Waals surface area contributed by atoms with Crippen molar-refractivity contribution in [3.8, 4) is 5.75 Å². The molecule has 32 heavy (non-hydrogen) atoms. The number of H-pyrrole nitrogens is 1. The highest BCUT2D eigenvalue weighted by atomic mass is 16.5. The molecule has 0 radical (unpaired) electrons. The molecular formula is C26H26N2O4. The fourth-order valence-corrected chi connectivity index (χ4v) is 5.14. The number of aromatic nitrogens is 1. The number of Topliss-reactive ketones (excluding diaryl/α,β-unsaturated/α-hetero) is 1. The van der Waals surface area contributed by atoms with Gasteiger partial charge in [-0.2, -0.15) is 0 Å². The third kappa shape index (κ3) is 3.27. The zero-order chi connectivity index (χ0) is 22.2. The molecule has 1 amide bonds. The largest absolute Gasteiger partial charge is 0.507 e. The molecule has 1 saturated heterocycles. The lowest BCUT2D eigenvalue weighted by Crippen LogP contribution is -2.40. The normalized spacial score (nSPS) is 21.4. The van der Waals surface area contributed by atoms with Gasteiger partial charge in [0.2, 0.25) is 0 Å². The summed E-state index contributed by atoms with van der Waals surface area (Å²) in [5.74, 6) is -0.673. The number of carbonyl (C=O) groups is 2. The molecule has 1 saturated carbocycles. The van der Waals surface area contributed by atoms with Gasteiger partial charge in [-0.15, -0.1) is 0 Å². The number of ether oxygens (including phenoxy) is 1. The lowest BCUT2D eigenvalue weighted by Gasteiger charge is -2.35. The van der Waals surface area contributed by atoms with Crippen molar-refractivity contribution in [1.82, 2.24) is 9.88 Å². The van der Waals surface area contributed by atoms with E-state index < -0.39 is 17.7 Å². The fraction of sp³-hybridized carbons (Fsp3) is 0.308. The van der Waals surface area contributed by atoms with Crippen LogP contribution in [0.15, 0.2) is 60.3 Å². The number of hydrogen-bond donors (Lipinski definition) is 2. The molecule has 1 unspecified atom stereocenters. The van der Waals surface area contributed by atoms with E-state index >= 15 is 0 Å². The summed E-state index contributed by atoms with van der Waals surface area (Å²) >= 11 is 0. The Hall–Kier alpha value is -3.54. The van der Waals surface area contributed by atoms with Crippen molar-refractivity contribution in [2.45, 2.75) is 44.2 Å². The third-order valence-corrected chi connectivity index (χ3v) is 6.70. The Kier molecular flexibility index (Phi) is 5.21. The highest BCUT2D eigenvalue weighted by molar-refractivity contribution is 6.46. The van der Waals surface area contributed by atoms with Gasteiger partial charge in [0.15, 0.2) is 0 Å². The molecule has 2 heterocycles. The maximum Gasteiger partial charge on any atom is 0.295 e. The van der Waals surface area contributed by atoms with Crippen LogP contribution in [0.5, 0.6) is 5.75 Å². The number of amides is 1. The van der Waals surface area contributed by atoms with Crippen molar-refractivity contribution < 1.29 is 19.4 Å². The predicted octanol–water partition coefficient (Wildman–Crippen LogP) is 4.93. The molecule has 2 fully saturated rings. The Labute approximate surface area is 186 Å². The number of likely N-dealkylation sites (tertiary alicyclic amines) is 1. The number of fused-ring (bicyclic) bond motifs is 1. The molecular weight excluding hydrogens is 404 g/mol. The molecule has 1 aliphatic heterocycles. The minimum Gasteiger partial charge on any atom is -0.507 e. The zero-order valence-corrected chi connectivity index (χ0v) is 18.0. The summed E-state index contributed by atoms with van der Waals surface area (Å²) in [7, 11) is 1.59. The smallest absolute Gasteiger partial charge is 0.295 e. The number of methoxy groups -OCH3 is 1. The molecule has 2 aliphatic rings. The van der Waals surface area contributed by atoms with Crippen molar-refractivity contribution in [3.63, 3.8) is 0 Å². The van der Waals surface area contributed by atoms with E-state index in [0.717, 1.165) is 48.6 Å². The molecule has 3 aromatic rings. The summed E-state index contributed by atoms with van der Waals surface area (Å²) in [4.78, 5) is 31.4. The van der Waals surface area contributed by atoms with Gasteiger partial charge in [-0.25, -0.2) is 0 Å². The Morgan fingerprint density at radius 1 is 1.06 bits per heavy atom. The quantitative estimate of drug-likeness (QED) is 0.349. The van der Waals surface area contributed by atoms with E-state index in [4.69, 9.17) is 4.74 Å². The van der Waals surface area contributed by atoms with Crippen LogP contribution in [0, 0.1) is 0 Å². The lowest BCUT2D eigenvalue weighted by atomic mass is 9.91. The second-order valence-corrected chi connectivity index (χ2v) is 8.52. The second kappa shape index (κ2) is 8.19. The first-order valence-electron chi connectivity index (χ1n) is 11.1. The first-order valence-corrected chi connectivity index (χ1v) is 11.1. The molecule has 1 aliphatic carbocycles. The maximum atomic E-state index is 13.3. The molecule has 1 atom stereocenters. The van der Waals surface area contributed by atoms with Crippen molar-refractivity contribution >= 4 is 28.4 Å². The molecule has 164 valence electrons. The number of aliphatic hydroxyl groups is 1. The first-order chi connectivity index (χ1) is 15.6. The Bertz CT molecular complexity index is 1220. The maximum absolute atomic E-state index is 13.3. The number of nitrogens with one attached hydrogen (secondary N) is 1. The molecule has 0 spiro atoms. The highest BCUT2D eigenvalue weighted by Gasteiger charge is 2.49. The van der Waals surface area contributed by atoms with Gasteiger partial charge in [-0.1, -0.05) is 49.6 Å². The van der Waals surface area contributed by atoms with Gasteiger partial charge in [0.05, 0.1) is 18.7 Å². The number of aromatic amines is 1. The van der Waals surface area contributed by atoms with Crippen molar-refractivity contribution in [1.29, 1.82) is 0 Å². The van der Waals surface area contributed by atoms with Gasteiger partial charge in [0, 0.05) is 28.7 Å². The van der Waals surface area contributed by atoms with Gasteiger partial charge >= 0.3 is 0 Å². The summed E-state index contributed by atoms with van der Waals surface area (Å²) in [6.07, 6.45) is 6.61. The van der Waals surface area contributed by atoms with Gasteiger partial charge in [0.25, 0.3) is 11.7 Å². The van der Waals surface area contributed by atoms with Crippen molar-refractivity contribution in [2.24, 2.45) is 0 Å². The number of hydrogen-bond acceptors (Lipinski definition) is 4. The summed E-state index contributed by atoms with van der Waals surface area (Å²) < 4.78 is 5.40. The first kappa shape index (κ1) is 20.4. The summed E-state index contributed by atoms with van der Waals surface area (Å²) in [5.41, 5.74) is 2.28. The zero-order valence-electron chi connectivity index (χ0n) is 18.0. The number of rotatable bonds is 4. The van der Waals surface area contributed by atoms with Gasteiger partial charge in [-0.05, 0) is 36.6 Å². The van der Waals surface area contributed by atoms with Crippen LogP contribution >= 0.6 is 0 Å². The molecule has 1 aromatic heterocycles. The SMILES string of the molecule is COc1cccc(C2/C(=C(/O)c3c[nH]c4ccccc34)C(=O)C(=O)N2C2CCCCC2)c1. The van der Waals surface area contributed by atoms with Crippen LogP contribution in [0.4, 0.5) is 0 Å². The monoisotopic (exact) mass is 430 g/mol. The van der Waals surface area contributed by atoms with Crippen LogP contribution in [-0.4, -0.2) is 39.8 Å². The van der Waals surface area contributed by atoms with Crippen LogP contribution in [0.1, 0.15) is 49.3 Å². The topological polar surface area (TPSA) is 82.6 Å². The van der Waals surface area contributed by atoms with E-state index in [1.807, 2.05) is 48.5 Å². The Morgan fingerprint density at radius 2 is 1.84 bits per heavy atom.